The van der Waals surface area contributed by atoms with Crippen molar-refractivity contribution in [2.75, 3.05) is 25.4 Å². The van der Waals surface area contributed by atoms with Crippen molar-refractivity contribution in [3.05, 3.63) is 48.0 Å². The van der Waals surface area contributed by atoms with Crippen LogP contribution in [0, 0.1) is 0 Å². The molecule has 4 heteroatoms. The van der Waals surface area contributed by atoms with Crippen LogP contribution >= 0.6 is 0 Å². The van der Waals surface area contributed by atoms with E-state index in [4.69, 9.17) is 0 Å². The monoisotopic (exact) mass is 279 g/mol. The second-order valence-electron chi connectivity index (χ2n) is 5.17. The van der Waals surface area contributed by atoms with E-state index >= 15 is 0 Å². The zero-order valence-electron chi connectivity index (χ0n) is 11.2. The summed E-state index contributed by atoms with van der Waals surface area (Å²) in [5.41, 5.74) is 2.15. The highest BCUT2D eigenvalue weighted by molar-refractivity contribution is 7.90. The summed E-state index contributed by atoms with van der Waals surface area (Å²) < 4.78 is 24.1. The fourth-order valence-corrected chi connectivity index (χ4v) is 3.64. The maximum atomic E-state index is 12.1. The Bertz CT molecular complexity index is 512. The number of sulfone groups is 1. The van der Waals surface area contributed by atoms with Crippen LogP contribution in [0.5, 0.6) is 0 Å². The van der Waals surface area contributed by atoms with Crippen molar-refractivity contribution < 1.29 is 8.42 Å². The average molecular weight is 279 g/mol. The molecule has 3 nitrogen and oxygen atoms in total. The number of nitrogens with zero attached hydrogens (tertiary/aromatic N) is 1. The van der Waals surface area contributed by atoms with Crippen LogP contribution in [0.2, 0.25) is 0 Å². The molecule has 1 heterocycles. The largest absolute Gasteiger partial charge is 0.302 e. The van der Waals surface area contributed by atoms with Crippen molar-refractivity contribution in [3.8, 4) is 0 Å². The molecule has 0 atom stereocenters. The first-order valence-corrected chi connectivity index (χ1v) is 8.51. The lowest BCUT2D eigenvalue weighted by Gasteiger charge is -2.27. The van der Waals surface area contributed by atoms with E-state index in [9.17, 15) is 8.42 Å². The number of rotatable bonds is 5. The van der Waals surface area contributed by atoms with Gasteiger partial charge < -0.3 is 4.90 Å². The van der Waals surface area contributed by atoms with Gasteiger partial charge in [-0.2, -0.15) is 0 Å². The number of hydrogen-bond donors (Lipinski definition) is 0. The molecule has 0 radical (unpaired) electrons. The third-order valence-electron chi connectivity index (χ3n) is 3.51. The van der Waals surface area contributed by atoms with Gasteiger partial charge in [-0.05, 0) is 18.4 Å². The van der Waals surface area contributed by atoms with Crippen molar-refractivity contribution in [1.29, 1.82) is 0 Å². The molecule has 1 saturated heterocycles. The molecule has 0 saturated carbocycles. The molecular formula is C15H21NO2S. The van der Waals surface area contributed by atoms with Crippen LogP contribution in [0.15, 0.2) is 42.5 Å². The highest BCUT2D eigenvalue weighted by Crippen LogP contribution is 2.14. The van der Waals surface area contributed by atoms with Gasteiger partial charge in [0.05, 0.1) is 11.5 Å². The molecule has 1 aliphatic rings. The zero-order chi connectivity index (χ0) is 13.7. The van der Waals surface area contributed by atoms with Crippen molar-refractivity contribution in [2.24, 2.45) is 0 Å². The molecule has 0 amide bonds. The molecule has 1 aromatic rings. The van der Waals surface area contributed by atoms with Crippen molar-refractivity contribution in [3.63, 3.8) is 0 Å². The molecule has 0 N–H and O–H groups in total. The topological polar surface area (TPSA) is 37.4 Å². The summed E-state index contributed by atoms with van der Waals surface area (Å²) in [6, 6.07) is 9.38. The van der Waals surface area contributed by atoms with Gasteiger partial charge in [-0.1, -0.05) is 42.5 Å². The summed E-state index contributed by atoms with van der Waals surface area (Å²) in [6.07, 6.45) is 2.00. The summed E-state index contributed by atoms with van der Waals surface area (Å²) in [7, 11) is -3.01. The first kappa shape index (κ1) is 14.3. The minimum Gasteiger partial charge on any atom is -0.302 e. The summed E-state index contributed by atoms with van der Waals surface area (Å²) in [5.74, 6) is 0.392. The highest BCUT2D eigenvalue weighted by atomic mass is 32.2. The number of hydrogen-bond acceptors (Lipinski definition) is 3. The Balaban J connectivity index is 1.83. The summed E-state index contributed by atoms with van der Waals surface area (Å²) >= 11 is 0. The van der Waals surface area contributed by atoms with E-state index < -0.39 is 9.84 Å². The molecule has 1 aliphatic heterocycles. The Morgan fingerprint density at radius 2 is 1.74 bits per heavy atom. The lowest BCUT2D eigenvalue weighted by Crippen LogP contribution is -2.34. The van der Waals surface area contributed by atoms with Crippen LogP contribution in [0.25, 0.3) is 0 Å². The summed E-state index contributed by atoms with van der Waals surface area (Å²) in [4.78, 5) is 2.22. The second kappa shape index (κ2) is 6.35. The van der Waals surface area contributed by atoms with Gasteiger partial charge in [-0.15, -0.1) is 0 Å². The van der Waals surface area contributed by atoms with Gasteiger partial charge in [-0.3, -0.25) is 0 Å². The first-order valence-electron chi connectivity index (χ1n) is 6.68. The van der Waals surface area contributed by atoms with Gasteiger partial charge in [0.15, 0.2) is 9.84 Å². The zero-order valence-corrected chi connectivity index (χ0v) is 12.0. The van der Waals surface area contributed by atoms with E-state index in [-0.39, 0.29) is 11.5 Å². The van der Waals surface area contributed by atoms with Crippen molar-refractivity contribution >= 4 is 9.84 Å². The fraction of sp³-hybridized carbons (Fsp3) is 0.467. The molecule has 1 fully saturated rings. The summed E-state index contributed by atoms with van der Waals surface area (Å²) in [5, 5.41) is 0. The molecular weight excluding hydrogens is 258 g/mol. The predicted octanol–water partition coefficient (Wildman–Crippen LogP) is 2.25. The molecule has 19 heavy (non-hydrogen) atoms. The predicted molar refractivity (Wildman–Crippen MR) is 78.7 cm³/mol. The van der Waals surface area contributed by atoms with Gasteiger partial charge in [0.2, 0.25) is 0 Å². The number of benzene rings is 1. The summed E-state index contributed by atoms with van der Waals surface area (Å²) in [6.45, 7) is 6.50. The molecule has 2 rings (SSSR count). The van der Waals surface area contributed by atoms with Crippen molar-refractivity contribution in [1.82, 2.24) is 4.90 Å². The van der Waals surface area contributed by atoms with E-state index in [1.54, 1.807) is 0 Å². The van der Waals surface area contributed by atoms with Crippen LogP contribution < -0.4 is 0 Å². The van der Waals surface area contributed by atoms with Crippen LogP contribution in [0.4, 0.5) is 0 Å². The van der Waals surface area contributed by atoms with E-state index in [2.05, 4.69) is 11.5 Å². The lowest BCUT2D eigenvalue weighted by molar-refractivity contribution is 0.271. The quantitative estimate of drug-likeness (QED) is 0.776. The third-order valence-corrected chi connectivity index (χ3v) is 5.09. The van der Waals surface area contributed by atoms with E-state index in [1.165, 1.54) is 5.57 Å². The Morgan fingerprint density at radius 3 is 2.37 bits per heavy atom. The van der Waals surface area contributed by atoms with E-state index in [0.717, 1.165) is 31.5 Å². The van der Waals surface area contributed by atoms with Crippen LogP contribution in [0.3, 0.4) is 0 Å². The Morgan fingerprint density at radius 1 is 1.11 bits per heavy atom. The van der Waals surface area contributed by atoms with Crippen LogP contribution in [-0.2, 0) is 15.6 Å². The second-order valence-corrected chi connectivity index (χ2v) is 7.35. The Kier molecular flexibility index (Phi) is 4.77. The normalized spacial score (nSPS) is 17.6. The van der Waals surface area contributed by atoms with Gasteiger partial charge in [0.25, 0.3) is 0 Å². The van der Waals surface area contributed by atoms with Gasteiger partial charge in [-0.25, -0.2) is 8.42 Å². The van der Waals surface area contributed by atoms with Gasteiger partial charge in [0.1, 0.15) is 0 Å². The molecule has 104 valence electrons. The third kappa shape index (κ3) is 4.80. The van der Waals surface area contributed by atoms with E-state index in [1.807, 2.05) is 30.3 Å². The maximum absolute atomic E-state index is 12.1. The highest BCUT2D eigenvalue weighted by Gasteiger charge is 2.17. The number of piperidine rings is 1. The molecule has 0 bridgehead atoms. The smallest absolute Gasteiger partial charge is 0.155 e. The minimum absolute atomic E-state index is 0.147. The Labute approximate surface area is 115 Å². The first-order chi connectivity index (χ1) is 9.05. The van der Waals surface area contributed by atoms with Gasteiger partial charge >= 0.3 is 0 Å². The standard InChI is InChI=1S/C15H21NO2S/c1-14-7-9-16(10-8-14)11-12-19(17,18)13-15-5-3-2-4-6-15/h2-6H,1,7-13H2. The number of likely N-dealkylation sites (tertiary alicyclic amines) is 1. The van der Waals surface area contributed by atoms with Crippen molar-refractivity contribution in [2.45, 2.75) is 18.6 Å². The van der Waals surface area contributed by atoms with Gasteiger partial charge in [0, 0.05) is 19.6 Å². The van der Waals surface area contributed by atoms with Crippen LogP contribution in [0.1, 0.15) is 18.4 Å². The fourth-order valence-electron chi connectivity index (χ4n) is 2.26. The molecule has 0 spiro atoms. The molecule has 0 aliphatic carbocycles. The molecule has 0 unspecified atom stereocenters. The maximum Gasteiger partial charge on any atom is 0.155 e. The Hall–Kier alpha value is -1.13. The minimum atomic E-state index is -3.01. The lowest BCUT2D eigenvalue weighted by atomic mass is 10.1. The molecule has 0 aromatic heterocycles. The molecule has 1 aromatic carbocycles. The SMILES string of the molecule is C=C1CCN(CCS(=O)(=O)Cc2ccccc2)CC1. The average Bonchev–Trinajstić information content (AvgIpc) is 2.39. The van der Waals surface area contributed by atoms with Crippen LogP contribution in [-0.4, -0.2) is 38.7 Å². The van der Waals surface area contributed by atoms with E-state index in [0.29, 0.717) is 6.54 Å².